The summed E-state index contributed by atoms with van der Waals surface area (Å²) in [5.74, 6) is 2.75. The summed E-state index contributed by atoms with van der Waals surface area (Å²) < 4.78 is 27.9. The molecule has 3 heterocycles. The lowest BCUT2D eigenvalue weighted by atomic mass is 9.96. The number of fused-ring (bicyclic) bond motifs is 1. The molecular formula is C25H37N7O2S. The molecule has 0 atom stereocenters. The van der Waals surface area contributed by atoms with Gasteiger partial charge in [0.1, 0.15) is 11.6 Å². The van der Waals surface area contributed by atoms with E-state index in [4.69, 9.17) is 4.98 Å². The summed E-state index contributed by atoms with van der Waals surface area (Å²) in [5.41, 5.74) is 2.74. The number of sulfonamides is 1. The van der Waals surface area contributed by atoms with Crippen LogP contribution in [0.15, 0.2) is 41.4 Å². The molecule has 0 amide bonds. The number of hydrogen-bond donors (Lipinski definition) is 1. The Hall–Kier alpha value is -2.69. The highest BCUT2D eigenvalue weighted by molar-refractivity contribution is 7.89. The van der Waals surface area contributed by atoms with E-state index < -0.39 is 10.0 Å². The molecule has 0 radical (unpaired) electrons. The van der Waals surface area contributed by atoms with E-state index in [9.17, 15) is 8.42 Å². The van der Waals surface area contributed by atoms with Crippen molar-refractivity contribution < 1.29 is 8.42 Å². The van der Waals surface area contributed by atoms with Gasteiger partial charge in [-0.2, -0.15) is 9.61 Å². The van der Waals surface area contributed by atoms with Gasteiger partial charge in [-0.15, -0.1) is 0 Å². The number of anilines is 3. The highest BCUT2D eigenvalue weighted by Gasteiger charge is 2.23. The Labute approximate surface area is 208 Å². The van der Waals surface area contributed by atoms with Crippen LogP contribution in [0.5, 0.6) is 0 Å². The molecule has 0 unspecified atom stereocenters. The van der Waals surface area contributed by atoms with Crippen molar-refractivity contribution in [3.05, 3.63) is 42.1 Å². The summed E-state index contributed by atoms with van der Waals surface area (Å²) in [6.45, 7) is 7.36. The topological polar surface area (TPSA) is 86.1 Å². The molecule has 10 heteroatoms. The van der Waals surface area contributed by atoms with Gasteiger partial charge in [0.25, 0.3) is 0 Å². The number of piperidine rings is 1. The zero-order valence-corrected chi connectivity index (χ0v) is 22.4. The maximum Gasteiger partial charge on any atom is 0.242 e. The minimum Gasteiger partial charge on any atom is -0.356 e. The summed E-state index contributed by atoms with van der Waals surface area (Å²) in [6.07, 6.45) is 4.18. The van der Waals surface area contributed by atoms with Gasteiger partial charge in [0.05, 0.1) is 11.1 Å². The SMILES string of the molecule is CC(C)c1cnn2c(Nc3ccc(S(=O)(=O)N(C)C)cc3)cc(N3CCC(CN(C)C)CC3)nc12. The van der Waals surface area contributed by atoms with Gasteiger partial charge in [-0.3, -0.25) is 0 Å². The second kappa shape index (κ2) is 10.1. The maximum absolute atomic E-state index is 12.4. The number of hydrogen-bond acceptors (Lipinski definition) is 7. The second-order valence-electron chi connectivity index (χ2n) is 10.1. The average Bonchev–Trinajstić information content (AvgIpc) is 3.24. The molecule has 1 aromatic carbocycles. The van der Waals surface area contributed by atoms with Crippen molar-refractivity contribution in [3.63, 3.8) is 0 Å². The first-order valence-corrected chi connectivity index (χ1v) is 13.6. The largest absolute Gasteiger partial charge is 0.356 e. The Kier molecular flexibility index (Phi) is 7.35. The Morgan fingerprint density at radius 3 is 2.31 bits per heavy atom. The van der Waals surface area contributed by atoms with Gasteiger partial charge >= 0.3 is 0 Å². The molecule has 1 N–H and O–H groups in total. The number of rotatable bonds is 8. The first-order valence-electron chi connectivity index (χ1n) is 12.1. The van der Waals surface area contributed by atoms with Gasteiger partial charge in [-0.25, -0.2) is 17.7 Å². The van der Waals surface area contributed by atoms with Crippen LogP contribution in [-0.2, 0) is 10.0 Å². The summed E-state index contributed by atoms with van der Waals surface area (Å²) in [5, 5.41) is 8.05. The normalized spacial score (nSPS) is 15.6. The smallest absolute Gasteiger partial charge is 0.242 e. The minimum atomic E-state index is -3.47. The van der Waals surface area contributed by atoms with Crippen LogP contribution in [0, 0.1) is 5.92 Å². The molecule has 1 saturated heterocycles. The lowest BCUT2D eigenvalue weighted by Crippen LogP contribution is -2.37. The van der Waals surface area contributed by atoms with E-state index in [1.54, 1.807) is 24.3 Å². The molecule has 0 spiro atoms. The predicted octanol–water partition coefficient (Wildman–Crippen LogP) is 3.62. The van der Waals surface area contributed by atoms with E-state index in [0.29, 0.717) is 11.8 Å². The van der Waals surface area contributed by atoms with Crippen LogP contribution in [0.25, 0.3) is 5.65 Å². The molecule has 35 heavy (non-hydrogen) atoms. The highest BCUT2D eigenvalue weighted by atomic mass is 32.2. The third kappa shape index (κ3) is 5.44. The summed E-state index contributed by atoms with van der Waals surface area (Å²) in [4.78, 5) is 9.91. The van der Waals surface area contributed by atoms with E-state index in [1.165, 1.54) is 18.4 Å². The Morgan fingerprint density at radius 1 is 1.09 bits per heavy atom. The molecule has 4 rings (SSSR count). The van der Waals surface area contributed by atoms with Gasteiger partial charge in [0, 0.05) is 51.0 Å². The van der Waals surface area contributed by atoms with Crippen LogP contribution >= 0.6 is 0 Å². The van der Waals surface area contributed by atoms with Crippen molar-refractivity contribution in [1.29, 1.82) is 0 Å². The molecule has 190 valence electrons. The van der Waals surface area contributed by atoms with Crippen LogP contribution in [0.1, 0.15) is 38.2 Å². The van der Waals surface area contributed by atoms with Crippen LogP contribution in [0.3, 0.4) is 0 Å². The molecule has 2 aromatic heterocycles. The van der Waals surface area contributed by atoms with E-state index in [2.05, 4.69) is 48.2 Å². The number of nitrogens with zero attached hydrogens (tertiary/aromatic N) is 6. The molecule has 1 fully saturated rings. The van der Waals surface area contributed by atoms with Gasteiger partial charge in [-0.1, -0.05) is 13.8 Å². The zero-order chi connectivity index (χ0) is 25.3. The van der Waals surface area contributed by atoms with E-state index in [-0.39, 0.29) is 4.90 Å². The van der Waals surface area contributed by atoms with E-state index in [0.717, 1.165) is 61.0 Å². The Morgan fingerprint density at radius 2 is 1.74 bits per heavy atom. The summed E-state index contributed by atoms with van der Waals surface area (Å²) >= 11 is 0. The predicted molar refractivity (Wildman–Crippen MR) is 141 cm³/mol. The first-order chi connectivity index (χ1) is 16.6. The quantitative estimate of drug-likeness (QED) is 0.507. The van der Waals surface area contributed by atoms with Crippen molar-refractivity contribution >= 4 is 33.0 Å². The summed E-state index contributed by atoms with van der Waals surface area (Å²) in [6, 6.07) is 8.84. The Balaban J connectivity index is 1.65. The number of nitrogens with one attached hydrogen (secondary N) is 1. The fourth-order valence-corrected chi connectivity index (χ4v) is 5.46. The molecular weight excluding hydrogens is 462 g/mol. The molecule has 3 aromatic rings. The van der Waals surface area contributed by atoms with E-state index in [1.807, 2.05) is 16.8 Å². The fraction of sp³-hybridized carbons (Fsp3) is 0.520. The van der Waals surface area contributed by atoms with Crippen molar-refractivity contribution in [2.24, 2.45) is 5.92 Å². The summed E-state index contributed by atoms with van der Waals surface area (Å²) in [7, 11) is 3.86. The van der Waals surface area contributed by atoms with Crippen molar-refractivity contribution in [2.45, 2.75) is 37.5 Å². The third-order valence-corrected chi connectivity index (χ3v) is 8.40. The van der Waals surface area contributed by atoms with Crippen LogP contribution in [0.2, 0.25) is 0 Å². The standard InChI is InChI=1S/C25H37N7O2S/c1-18(2)22-16-26-32-24(27-20-7-9-21(10-8-20)35(33,34)30(5)6)15-23(28-25(22)32)31-13-11-19(12-14-31)17-29(3)4/h7-10,15-16,18-19,27H,11-14,17H2,1-6H3. The lowest BCUT2D eigenvalue weighted by molar-refractivity contribution is 0.284. The first kappa shape index (κ1) is 25.4. The minimum absolute atomic E-state index is 0.260. The third-order valence-electron chi connectivity index (χ3n) is 6.57. The number of aromatic nitrogens is 3. The van der Waals surface area contributed by atoms with Gasteiger partial charge < -0.3 is 15.1 Å². The van der Waals surface area contributed by atoms with Crippen LogP contribution in [-0.4, -0.2) is 80.0 Å². The van der Waals surface area contributed by atoms with Crippen molar-refractivity contribution in [3.8, 4) is 0 Å². The maximum atomic E-state index is 12.4. The second-order valence-corrected chi connectivity index (χ2v) is 12.3. The van der Waals surface area contributed by atoms with E-state index >= 15 is 0 Å². The van der Waals surface area contributed by atoms with Gasteiger partial charge in [-0.05, 0) is 63.0 Å². The van der Waals surface area contributed by atoms with Crippen molar-refractivity contribution in [2.75, 3.05) is 58.0 Å². The molecule has 9 nitrogen and oxygen atoms in total. The molecule has 0 bridgehead atoms. The van der Waals surface area contributed by atoms with Crippen LogP contribution < -0.4 is 10.2 Å². The highest BCUT2D eigenvalue weighted by Crippen LogP contribution is 2.30. The van der Waals surface area contributed by atoms with Crippen molar-refractivity contribution in [1.82, 2.24) is 23.8 Å². The fourth-order valence-electron chi connectivity index (χ4n) is 4.56. The average molecular weight is 500 g/mol. The molecule has 0 aliphatic carbocycles. The number of benzene rings is 1. The van der Waals surface area contributed by atoms with Crippen LogP contribution in [0.4, 0.5) is 17.3 Å². The zero-order valence-electron chi connectivity index (χ0n) is 21.6. The monoisotopic (exact) mass is 499 g/mol. The molecule has 1 aliphatic heterocycles. The van der Waals surface area contributed by atoms with Gasteiger partial charge in [0.15, 0.2) is 5.65 Å². The molecule has 0 saturated carbocycles. The van der Waals surface area contributed by atoms with Gasteiger partial charge in [0.2, 0.25) is 10.0 Å². The Bertz CT molecular complexity index is 1260. The molecule has 1 aliphatic rings. The lowest BCUT2D eigenvalue weighted by Gasteiger charge is -2.34.